The zero-order chi connectivity index (χ0) is 31.3. The number of rotatable bonds is 9. The predicted octanol–water partition coefficient (Wildman–Crippen LogP) is 6.40. The fraction of sp³-hybridized carbons (Fsp3) is 0.438. The van der Waals surface area contributed by atoms with E-state index < -0.39 is 11.9 Å². The van der Waals surface area contributed by atoms with Gasteiger partial charge in [-0.2, -0.15) is 0 Å². The summed E-state index contributed by atoms with van der Waals surface area (Å²) in [4.78, 5) is 36.8. The number of hydrogen-bond donors (Lipinski definition) is 1. The summed E-state index contributed by atoms with van der Waals surface area (Å²) in [5, 5.41) is 11.7. The highest BCUT2D eigenvalue weighted by Gasteiger charge is 2.45. The van der Waals surface area contributed by atoms with E-state index in [0.29, 0.717) is 58.3 Å². The summed E-state index contributed by atoms with van der Waals surface area (Å²) >= 11 is 7.69. The van der Waals surface area contributed by atoms with Gasteiger partial charge < -0.3 is 14.7 Å². The van der Waals surface area contributed by atoms with Crippen LogP contribution in [0.2, 0.25) is 5.02 Å². The summed E-state index contributed by atoms with van der Waals surface area (Å²) in [6.07, 6.45) is 1.93. The molecule has 1 unspecified atom stereocenters. The molecule has 0 aliphatic heterocycles. The van der Waals surface area contributed by atoms with Crippen molar-refractivity contribution in [1.29, 1.82) is 0 Å². The molecule has 3 heterocycles. The Kier molecular flexibility index (Phi) is 8.23. The van der Waals surface area contributed by atoms with Crippen molar-refractivity contribution in [3.05, 3.63) is 73.4 Å². The first kappa shape index (κ1) is 30.6. The molecule has 4 aromatic rings. The van der Waals surface area contributed by atoms with E-state index in [1.165, 1.54) is 11.3 Å². The lowest BCUT2D eigenvalue weighted by Crippen LogP contribution is -2.47. The number of carbonyl (C=O) groups is 1. The van der Waals surface area contributed by atoms with E-state index in [1.54, 1.807) is 28.1 Å². The van der Waals surface area contributed by atoms with Gasteiger partial charge in [0.1, 0.15) is 18.2 Å². The van der Waals surface area contributed by atoms with Crippen LogP contribution in [-0.2, 0) is 19.4 Å². The van der Waals surface area contributed by atoms with Crippen LogP contribution in [0.5, 0.6) is 5.75 Å². The molecule has 1 atom stereocenters. The maximum atomic E-state index is 13.7. The summed E-state index contributed by atoms with van der Waals surface area (Å²) in [5.41, 5.74) is 4.11. The molecule has 6 rings (SSSR count). The number of hydrogen-bond acceptors (Lipinski definition) is 7. The second-order valence-corrected chi connectivity index (χ2v) is 13.3. The number of pyridine rings is 1. The molecule has 2 aliphatic carbocycles. The summed E-state index contributed by atoms with van der Waals surface area (Å²) in [5.74, 6) is -2.42. The van der Waals surface area contributed by atoms with E-state index >= 15 is 0 Å². The maximum absolute atomic E-state index is 13.7. The largest absolute Gasteiger partial charge is 0.491 e. The summed E-state index contributed by atoms with van der Waals surface area (Å²) in [7, 11) is 1.96. The zero-order valence-corrected chi connectivity index (χ0v) is 26.3. The highest BCUT2D eigenvalue weighted by molar-refractivity contribution is 7.18. The van der Waals surface area contributed by atoms with Crippen molar-refractivity contribution in [2.45, 2.75) is 64.5 Å². The quantitative estimate of drug-likeness (QED) is 0.226. The number of carboxylic acids is 1. The first-order valence-corrected chi connectivity index (χ1v) is 15.9. The Balaban J connectivity index is 1.21. The van der Waals surface area contributed by atoms with Gasteiger partial charge in [0.05, 0.1) is 28.0 Å². The van der Waals surface area contributed by atoms with Crippen molar-refractivity contribution in [3.63, 3.8) is 0 Å². The minimum Gasteiger partial charge on any atom is -0.491 e. The third kappa shape index (κ3) is 5.97. The molecule has 8 nitrogen and oxygen atoms in total. The Morgan fingerprint density at radius 2 is 2.00 bits per heavy atom. The molecule has 0 amide bonds. The van der Waals surface area contributed by atoms with Gasteiger partial charge in [0.25, 0.3) is 5.56 Å². The summed E-state index contributed by atoms with van der Waals surface area (Å²) in [6, 6.07) is 7.26. The minimum atomic E-state index is -2.54. The van der Waals surface area contributed by atoms with Crippen LogP contribution in [0.25, 0.3) is 21.3 Å². The molecule has 1 N–H and O–H groups in total. The number of ether oxygens (including phenoxy) is 1. The number of halogens is 3. The Labute approximate surface area is 262 Å². The van der Waals surface area contributed by atoms with Crippen LogP contribution in [-0.4, -0.2) is 62.7 Å². The predicted molar refractivity (Wildman–Crippen MR) is 167 cm³/mol. The molecule has 44 heavy (non-hydrogen) atoms. The molecule has 1 saturated carbocycles. The molecule has 12 heteroatoms. The van der Waals surface area contributed by atoms with Gasteiger partial charge in [-0.25, -0.2) is 18.6 Å². The molecular weight excluding hydrogens is 610 g/mol. The van der Waals surface area contributed by atoms with Crippen molar-refractivity contribution in [2.24, 2.45) is 5.92 Å². The van der Waals surface area contributed by atoms with Crippen molar-refractivity contribution in [1.82, 2.24) is 19.4 Å². The number of fused-ring (bicyclic) bond motifs is 2. The number of aromatic nitrogens is 3. The molecule has 2 aliphatic rings. The van der Waals surface area contributed by atoms with E-state index in [1.807, 2.05) is 27.0 Å². The Morgan fingerprint density at radius 3 is 2.73 bits per heavy atom. The fourth-order valence-electron chi connectivity index (χ4n) is 6.49. The van der Waals surface area contributed by atoms with E-state index in [9.17, 15) is 23.5 Å². The Bertz CT molecular complexity index is 1820. The monoisotopic (exact) mass is 642 g/mol. The number of thiophene rings is 1. The molecule has 0 bridgehead atoms. The van der Waals surface area contributed by atoms with Gasteiger partial charge >= 0.3 is 5.97 Å². The molecule has 0 radical (unpaired) electrons. The summed E-state index contributed by atoms with van der Waals surface area (Å²) < 4.78 is 35.3. The highest BCUT2D eigenvalue weighted by Crippen LogP contribution is 2.43. The lowest BCUT2D eigenvalue weighted by molar-refractivity contribution is -0.117. The molecule has 232 valence electrons. The lowest BCUT2D eigenvalue weighted by atomic mass is 9.80. The minimum absolute atomic E-state index is 0.00898. The second-order valence-electron chi connectivity index (χ2n) is 11.9. The van der Waals surface area contributed by atoms with E-state index in [2.05, 4.69) is 9.88 Å². The number of carboxylic acid groups (broad SMARTS) is 1. The third-order valence-electron chi connectivity index (χ3n) is 8.72. The van der Waals surface area contributed by atoms with Crippen molar-refractivity contribution in [2.75, 3.05) is 20.2 Å². The topological polar surface area (TPSA) is 97.6 Å². The van der Waals surface area contributed by atoms with Gasteiger partial charge in [-0.05, 0) is 70.3 Å². The van der Waals surface area contributed by atoms with Crippen molar-refractivity contribution < 1.29 is 23.4 Å². The van der Waals surface area contributed by atoms with Crippen molar-refractivity contribution >= 4 is 39.1 Å². The van der Waals surface area contributed by atoms with Crippen LogP contribution in [0, 0.1) is 19.8 Å². The van der Waals surface area contributed by atoms with Gasteiger partial charge in [-0.15, -0.1) is 11.3 Å². The van der Waals surface area contributed by atoms with Gasteiger partial charge in [-0.3, -0.25) is 14.3 Å². The maximum Gasteiger partial charge on any atom is 0.338 e. The molecule has 1 fully saturated rings. The molecule has 0 saturated heterocycles. The standard InChI is InChI=1S/C32H33ClF2N4O4S/c1-17-10-23(29-28(36-17)25(16-44-29)31(41)42)22-11-20(33)4-7-27(22)43-9-8-39-18(2)37-26-6-5-21(12-24(26)30(39)40)38(3)15-19-13-32(34,35)14-19/h4,7,10-11,16,19,21H,5-6,8-9,12-15H2,1-3H3,(H,41,42). The zero-order valence-electron chi connectivity index (χ0n) is 24.7. The van der Waals surface area contributed by atoms with E-state index in [4.69, 9.17) is 21.3 Å². The SMILES string of the molecule is Cc1cc(-c2cc(Cl)ccc2OCCn2c(C)nc3c(c2=O)CC(N(C)CC2CC(F)(F)C2)CC3)c2scc(C(=O)O)c2n1. The van der Waals surface area contributed by atoms with Crippen LogP contribution < -0.4 is 10.3 Å². The average Bonchev–Trinajstić information content (AvgIpc) is 3.38. The molecular formula is C32H33ClF2N4O4S. The third-order valence-corrected chi connectivity index (χ3v) is 9.96. The molecule has 0 spiro atoms. The van der Waals surface area contributed by atoms with Crippen LogP contribution in [0.3, 0.4) is 0 Å². The number of likely N-dealkylation sites (N-methyl/N-ethyl adjacent to an activating group) is 1. The van der Waals surface area contributed by atoms with Crippen LogP contribution >= 0.6 is 22.9 Å². The van der Waals surface area contributed by atoms with Crippen LogP contribution in [0.1, 0.15) is 52.4 Å². The Hall–Kier alpha value is -3.41. The van der Waals surface area contributed by atoms with Gasteiger partial charge in [-0.1, -0.05) is 11.6 Å². The molecule has 1 aromatic carbocycles. The van der Waals surface area contributed by atoms with E-state index in [-0.39, 0.29) is 49.1 Å². The van der Waals surface area contributed by atoms with Gasteiger partial charge in [0, 0.05) is 58.2 Å². The lowest BCUT2D eigenvalue weighted by Gasteiger charge is -2.40. The molecule has 3 aromatic heterocycles. The first-order valence-electron chi connectivity index (χ1n) is 14.6. The number of nitrogens with zero attached hydrogens (tertiary/aromatic N) is 4. The smallest absolute Gasteiger partial charge is 0.338 e. The highest BCUT2D eigenvalue weighted by atomic mass is 35.5. The number of alkyl halides is 2. The number of benzene rings is 1. The van der Waals surface area contributed by atoms with Gasteiger partial charge in [0.2, 0.25) is 5.92 Å². The second kappa shape index (κ2) is 11.8. The first-order chi connectivity index (χ1) is 20.9. The fourth-order valence-corrected chi connectivity index (χ4v) is 7.68. The van der Waals surface area contributed by atoms with Crippen LogP contribution in [0.4, 0.5) is 8.78 Å². The van der Waals surface area contributed by atoms with Crippen molar-refractivity contribution in [3.8, 4) is 16.9 Å². The normalized spacial score (nSPS) is 17.9. The van der Waals surface area contributed by atoms with Crippen LogP contribution in [0.15, 0.2) is 34.4 Å². The summed E-state index contributed by atoms with van der Waals surface area (Å²) in [6.45, 7) is 4.69. The Morgan fingerprint density at radius 1 is 1.23 bits per heavy atom. The number of aryl methyl sites for hydroxylation is 3. The van der Waals surface area contributed by atoms with E-state index in [0.717, 1.165) is 22.4 Å². The average molecular weight is 643 g/mol. The number of aromatic carboxylic acids is 1. The van der Waals surface area contributed by atoms with Gasteiger partial charge in [0.15, 0.2) is 0 Å².